The van der Waals surface area contributed by atoms with Gasteiger partial charge in [0.1, 0.15) is 0 Å². The Kier molecular flexibility index (Phi) is 2.39. The van der Waals surface area contributed by atoms with E-state index in [1.807, 2.05) is 13.0 Å². The molecule has 0 amide bonds. The normalized spacial score (nSPS) is 26.3. The highest BCUT2D eigenvalue weighted by molar-refractivity contribution is 7.92. The highest BCUT2D eigenvalue weighted by atomic mass is 32.2. The number of sulfone groups is 1. The van der Waals surface area contributed by atoms with Gasteiger partial charge in [0.05, 0.1) is 22.7 Å². The fourth-order valence-corrected chi connectivity index (χ4v) is 3.61. The van der Waals surface area contributed by atoms with Gasteiger partial charge in [-0.3, -0.25) is 0 Å². The number of nitrogens with one attached hydrogen (secondary N) is 1. The van der Waals surface area contributed by atoms with Crippen molar-refractivity contribution < 1.29 is 8.42 Å². The average Bonchev–Trinajstić information content (AvgIpc) is 2.16. The van der Waals surface area contributed by atoms with Crippen LogP contribution in [0.15, 0.2) is 23.1 Å². The molecule has 0 bridgehead atoms. The Morgan fingerprint density at radius 3 is 2.75 bits per heavy atom. The molecule has 0 aromatic heterocycles. The zero-order valence-corrected chi connectivity index (χ0v) is 9.88. The molecule has 0 radical (unpaired) electrons. The van der Waals surface area contributed by atoms with E-state index in [-0.39, 0.29) is 10.9 Å². The van der Waals surface area contributed by atoms with Crippen LogP contribution in [0.4, 0.5) is 5.69 Å². The van der Waals surface area contributed by atoms with Crippen molar-refractivity contribution in [1.29, 1.82) is 5.26 Å². The van der Waals surface area contributed by atoms with Crippen molar-refractivity contribution in [3.63, 3.8) is 0 Å². The Balaban J connectivity index is 2.68. The van der Waals surface area contributed by atoms with Crippen LogP contribution >= 0.6 is 0 Å². The first-order valence-electron chi connectivity index (χ1n) is 4.97. The summed E-state index contributed by atoms with van der Waals surface area (Å²) in [6.07, 6.45) is 0. The van der Waals surface area contributed by atoms with Crippen LogP contribution in [0, 0.1) is 18.3 Å². The van der Waals surface area contributed by atoms with Crippen molar-refractivity contribution in [3.05, 3.63) is 23.8 Å². The first-order chi connectivity index (χ1) is 7.46. The maximum absolute atomic E-state index is 12.1. The number of nitrogens with zero attached hydrogens (tertiary/aromatic N) is 1. The van der Waals surface area contributed by atoms with E-state index in [0.29, 0.717) is 5.69 Å². The third kappa shape index (κ3) is 1.46. The molecular weight excluding hydrogens is 224 g/mol. The number of hydrogen-bond donors (Lipinski definition) is 1. The molecule has 0 aliphatic carbocycles. The molecule has 5 heteroatoms. The molecule has 2 rings (SSSR count). The van der Waals surface area contributed by atoms with Gasteiger partial charge in [-0.1, -0.05) is 6.07 Å². The van der Waals surface area contributed by atoms with Crippen LogP contribution in [0.5, 0.6) is 0 Å². The monoisotopic (exact) mass is 236 g/mol. The summed E-state index contributed by atoms with van der Waals surface area (Å²) in [5.74, 6) is 0. The number of hydrogen-bond acceptors (Lipinski definition) is 4. The van der Waals surface area contributed by atoms with Gasteiger partial charge < -0.3 is 5.32 Å². The maximum Gasteiger partial charge on any atom is 0.198 e. The molecule has 84 valence electrons. The van der Waals surface area contributed by atoms with Gasteiger partial charge in [-0.25, -0.2) is 8.42 Å². The SMILES string of the molecule is Cc1ccc2c(c1)NC(C)C(C#N)S2(=O)=O. The maximum atomic E-state index is 12.1. The Morgan fingerprint density at radius 2 is 2.12 bits per heavy atom. The quantitative estimate of drug-likeness (QED) is 0.740. The van der Waals surface area contributed by atoms with Crippen LogP contribution in [-0.4, -0.2) is 19.7 Å². The van der Waals surface area contributed by atoms with Crippen LogP contribution in [0.1, 0.15) is 12.5 Å². The van der Waals surface area contributed by atoms with Gasteiger partial charge in [0.2, 0.25) is 0 Å². The number of nitriles is 1. The summed E-state index contributed by atoms with van der Waals surface area (Å²) in [4.78, 5) is 0.225. The molecule has 16 heavy (non-hydrogen) atoms. The molecule has 2 unspecified atom stereocenters. The molecule has 1 aliphatic rings. The third-order valence-corrected chi connectivity index (χ3v) is 4.89. The van der Waals surface area contributed by atoms with Crippen molar-refractivity contribution in [3.8, 4) is 6.07 Å². The van der Waals surface area contributed by atoms with Gasteiger partial charge >= 0.3 is 0 Å². The van der Waals surface area contributed by atoms with E-state index >= 15 is 0 Å². The fraction of sp³-hybridized carbons (Fsp3) is 0.364. The molecule has 1 heterocycles. The van der Waals surface area contributed by atoms with Crippen molar-refractivity contribution >= 4 is 15.5 Å². The highest BCUT2D eigenvalue weighted by Crippen LogP contribution is 2.32. The van der Waals surface area contributed by atoms with Gasteiger partial charge in [0.25, 0.3) is 0 Å². The second-order valence-corrected chi connectivity index (χ2v) is 6.07. The van der Waals surface area contributed by atoms with Crippen LogP contribution < -0.4 is 5.32 Å². The molecule has 0 saturated carbocycles. The first kappa shape index (κ1) is 11.0. The fourth-order valence-electron chi connectivity index (χ4n) is 1.91. The summed E-state index contributed by atoms with van der Waals surface area (Å²) < 4.78 is 24.2. The molecule has 1 aromatic carbocycles. The number of rotatable bonds is 0. The summed E-state index contributed by atoms with van der Waals surface area (Å²) in [7, 11) is -3.52. The summed E-state index contributed by atoms with van der Waals surface area (Å²) in [5.41, 5.74) is 1.59. The summed E-state index contributed by atoms with van der Waals surface area (Å²) >= 11 is 0. The van der Waals surface area contributed by atoms with Crippen LogP contribution in [-0.2, 0) is 9.84 Å². The number of anilines is 1. The molecule has 4 nitrogen and oxygen atoms in total. The standard InChI is InChI=1S/C11H12N2O2S/c1-7-3-4-10-9(5-7)13-8(2)11(6-12)16(10,14)15/h3-5,8,11,13H,1-2H3. The minimum Gasteiger partial charge on any atom is -0.379 e. The molecule has 1 N–H and O–H groups in total. The van der Waals surface area contributed by atoms with Crippen molar-refractivity contribution in [1.82, 2.24) is 0 Å². The predicted molar refractivity (Wildman–Crippen MR) is 60.9 cm³/mol. The van der Waals surface area contributed by atoms with Crippen molar-refractivity contribution in [2.45, 2.75) is 30.0 Å². The molecule has 0 saturated heterocycles. The Hall–Kier alpha value is -1.54. The first-order valence-corrected chi connectivity index (χ1v) is 6.52. The topological polar surface area (TPSA) is 70.0 Å². The lowest BCUT2D eigenvalue weighted by atomic mass is 10.2. The summed E-state index contributed by atoms with van der Waals surface area (Å²) in [5, 5.41) is 11.0. The Labute approximate surface area is 94.8 Å². The second kappa shape index (κ2) is 3.49. The number of aryl methyl sites for hydroxylation is 1. The molecule has 0 fully saturated rings. The minimum absolute atomic E-state index is 0.225. The Bertz CT molecular complexity index is 572. The third-order valence-electron chi connectivity index (χ3n) is 2.74. The van der Waals surface area contributed by atoms with E-state index in [9.17, 15) is 8.42 Å². The predicted octanol–water partition coefficient (Wildman–Crippen LogP) is 1.47. The van der Waals surface area contributed by atoms with Gasteiger partial charge in [-0.2, -0.15) is 5.26 Å². The van der Waals surface area contributed by atoms with Crippen LogP contribution in [0.25, 0.3) is 0 Å². The van der Waals surface area contributed by atoms with Gasteiger partial charge in [-0.15, -0.1) is 0 Å². The van der Waals surface area contributed by atoms with Gasteiger partial charge in [0, 0.05) is 0 Å². The van der Waals surface area contributed by atoms with Crippen LogP contribution in [0.2, 0.25) is 0 Å². The number of fused-ring (bicyclic) bond motifs is 1. The van der Waals surface area contributed by atoms with E-state index in [1.165, 1.54) is 0 Å². The van der Waals surface area contributed by atoms with Gasteiger partial charge in [-0.05, 0) is 31.5 Å². The average molecular weight is 236 g/mol. The lowest BCUT2D eigenvalue weighted by Gasteiger charge is -2.28. The minimum atomic E-state index is -3.52. The lowest BCUT2D eigenvalue weighted by molar-refractivity contribution is 0.578. The van der Waals surface area contributed by atoms with E-state index in [0.717, 1.165) is 5.56 Å². The zero-order chi connectivity index (χ0) is 11.9. The molecule has 1 aliphatic heterocycles. The molecule has 2 atom stereocenters. The number of benzene rings is 1. The van der Waals surface area contributed by atoms with Crippen molar-refractivity contribution in [2.24, 2.45) is 0 Å². The van der Waals surface area contributed by atoms with E-state index in [2.05, 4.69) is 5.32 Å². The second-order valence-electron chi connectivity index (χ2n) is 4.03. The van der Waals surface area contributed by atoms with Crippen molar-refractivity contribution in [2.75, 3.05) is 5.32 Å². The largest absolute Gasteiger partial charge is 0.379 e. The van der Waals surface area contributed by atoms with E-state index < -0.39 is 15.1 Å². The summed E-state index contributed by atoms with van der Waals surface area (Å²) in [6.45, 7) is 3.60. The van der Waals surface area contributed by atoms with E-state index in [4.69, 9.17) is 5.26 Å². The zero-order valence-electron chi connectivity index (χ0n) is 9.06. The van der Waals surface area contributed by atoms with E-state index in [1.54, 1.807) is 25.1 Å². The molecule has 0 spiro atoms. The lowest BCUT2D eigenvalue weighted by Crippen LogP contribution is -2.40. The highest BCUT2D eigenvalue weighted by Gasteiger charge is 2.38. The summed E-state index contributed by atoms with van der Waals surface area (Å²) in [6, 6.07) is 6.55. The van der Waals surface area contributed by atoms with Gasteiger partial charge in [0.15, 0.2) is 15.1 Å². The smallest absolute Gasteiger partial charge is 0.198 e. The Morgan fingerprint density at radius 1 is 1.44 bits per heavy atom. The molecular formula is C11H12N2O2S. The van der Waals surface area contributed by atoms with Crippen LogP contribution in [0.3, 0.4) is 0 Å². The molecule has 1 aromatic rings.